The highest BCUT2D eigenvalue weighted by Gasteiger charge is 2.50. The molecule has 2 aliphatic rings. The molecule has 196 valence electrons. The Labute approximate surface area is 213 Å². The normalized spacial score (nSPS) is 19.5. The SMILES string of the molecule is CCC(=O)CN1C(=O)C2C(N=CN2CC(=O)Nc2csc(-c3cnc(C(F)(F)F)c(C)c3)n2)N(C)C1=O. The van der Waals surface area contributed by atoms with Crippen LogP contribution >= 0.6 is 11.3 Å². The van der Waals surface area contributed by atoms with Gasteiger partial charge in [-0.2, -0.15) is 13.2 Å². The molecule has 1 fully saturated rings. The number of amides is 4. The van der Waals surface area contributed by atoms with Gasteiger partial charge in [-0.3, -0.25) is 24.3 Å². The number of hydrogen-bond donors (Lipinski definition) is 1. The van der Waals surface area contributed by atoms with E-state index in [1.807, 2.05) is 0 Å². The summed E-state index contributed by atoms with van der Waals surface area (Å²) in [7, 11) is 1.46. The summed E-state index contributed by atoms with van der Waals surface area (Å²) in [6, 6.07) is -0.285. The van der Waals surface area contributed by atoms with Crippen molar-refractivity contribution < 1.29 is 32.3 Å². The number of urea groups is 1. The fourth-order valence-electron chi connectivity index (χ4n) is 3.99. The number of likely N-dealkylation sites (N-methyl/N-ethyl adjacent to an activating group) is 1. The number of thiazole rings is 1. The summed E-state index contributed by atoms with van der Waals surface area (Å²) in [6.07, 6.45) is -2.85. The highest BCUT2D eigenvalue weighted by molar-refractivity contribution is 7.13. The number of anilines is 1. The molecule has 0 radical (unpaired) electrons. The molecule has 0 aliphatic carbocycles. The lowest BCUT2D eigenvalue weighted by atomic mass is 10.1. The highest BCUT2D eigenvalue weighted by Crippen LogP contribution is 2.33. The second kappa shape index (κ2) is 9.88. The molecule has 1 N–H and O–H groups in total. The van der Waals surface area contributed by atoms with Gasteiger partial charge in [0.05, 0.1) is 19.4 Å². The molecule has 0 aromatic carbocycles. The highest BCUT2D eigenvalue weighted by atomic mass is 32.1. The lowest BCUT2D eigenvalue weighted by Gasteiger charge is -2.40. The van der Waals surface area contributed by atoms with Crippen molar-refractivity contribution in [2.75, 3.05) is 25.5 Å². The fraction of sp³-hybridized carbons (Fsp3) is 0.409. The van der Waals surface area contributed by atoms with Gasteiger partial charge in [-0.1, -0.05) is 6.92 Å². The molecule has 0 spiro atoms. The third-order valence-corrected chi connectivity index (χ3v) is 6.77. The molecule has 2 unspecified atom stereocenters. The number of rotatable bonds is 7. The number of imide groups is 1. The van der Waals surface area contributed by atoms with Crippen LogP contribution in [0.2, 0.25) is 0 Å². The van der Waals surface area contributed by atoms with Gasteiger partial charge in [-0.05, 0) is 18.6 Å². The van der Waals surface area contributed by atoms with Crippen LogP contribution in [0.4, 0.5) is 23.8 Å². The quantitative estimate of drug-likeness (QED) is 0.574. The zero-order chi connectivity index (χ0) is 27.1. The number of Topliss-reactive ketones (excluding diaryl/α,β-unsaturated/α-hetero) is 1. The molecular weight excluding hydrogens is 515 g/mol. The van der Waals surface area contributed by atoms with Crippen LogP contribution in [0, 0.1) is 6.92 Å². The Balaban J connectivity index is 1.43. The molecule has 15 heteroatoms. The zero-order valence-corrected chi connectivity index (χ0v) is 20.8. The number of fused-ring (bicyclic) bond motifs is 1. The van der Waals surface area contributed by atoms with E-state index >= 15 is 0 Å². The predicted molar refractivity (Wildman–Crippen MR) is 127 cm³/mol. The maximum atomic E-state index is 13.0. The smallest absolute Gasteiger partial charge is 0.338 e. The molecule has 2 atom stereocenters. The van der Waals surface area contributed by atoms with Gasteiger partial charge in [0, 0.05) is 30.6 Å². The summed E-state index contributed by atoms with van der Waals surface area (Å²) in [5.74, 6) is -1.27. The number of alkyl halides is 3. The number of halogens is 3. The topological polar surface area (TPSA) is 128 Å². The minimum Gasteiger partial charge on any atom is -0.338 e. The first-order valence-electron chi connectivity index (χ1n) is 11.1. The zero-order valence-electron chi connectivity index (χ0n) is 19.9. The molecule has 0 saturated carbocycles. The number of carbonyl (C=O) groups excluding carboxylic acids is 4. The van der Waals surface area contributed by atoms with Crippen molar-refractivity contribution in [3.05, 3.63) is 28.9 Å². The number of hydrogen-bond acceptors (Lipinski definition) is 9. The minimum absolute atomic E-state index is 0.0519. The molecular formula is C22H22F3N7O4S. The summed E-state index contributed by atoms with van der Waals surface area (Å²) < 4.78 is 38.9. The van der Waals surface area contributed by atoms with E-state index in [4.69, 9.17) is 0 Å². The van der Waals surface area contributed by atoms with E-state index in [2.05, 4.69) is 20.3 Å². The van der Waals surface area contributed by atoms with Crippen molar-refractivity contribution in [2.24, 2.45) is 4.99 Å². The Bertz CT molecular complexity index is 1300. The molecule has 4 rings (SSSR count). The average molecular weight is 538 g/mol. The van der Waals surface area contributed by atoms with Gasteiger partial charge < -0.3 is 15.1 Å². The second-order valence-corrected chi connectivity index (χ2v) is 9.34. The van der Waals surface area contributed by atoms with Crippen LogP contribution in [0.5, 0.6) is 0 Å². The molecule has 2 aromatic rings. The van der Waals surface area contributed by atoms with Crippen molar-refractivity contribution in [2.45, 2.75) is 38.7 Å². The molecule has 2 aliphatic heterocycles. The van der Waals surface area contributed by atoms with Crippen LogP contribution in [0.15, 0.2) is 22.6 Å². The van der Waals surface area contributed by atoms with Crippen molar-refractivity contribution >= 4 is 47.1 Å². The van der Waals surface area contributed by atoms with Crippen LogP contribution in [-0.4, -0.2) is 87.0 Å². The molecule has 0 bridgehead atoms. The van der Waals surface area contributed by atoms with E-state index in [1.165, 1.54) is 41.6 Å². The largest absolute Gasteiger partial charge is 0.433 e. The van der Waals surface area contributed by atoms with Crippen LogP contribution in [-0.2, 0) is 20.6 Å². The van der Waals surface area contributed by atoms with Crippen molar-refractivity contribution in [1.29, 1.82) is 0 Å². The van der Waals surface area contributed by atoms with Crippen LogP contribution < -0.4 is 5.32 Å². The average Bonchev–Trinajstić information content (AvgIpc) is 3.46. The number of carbonyl (C=O) groups is 4. The van der Waals surface area contributed by atoms with E-state index in [9.17, 15) is 32.3 Å². The van der Waals surface area contributed by atoms with Gasteiger partial charge >= 0.3 is 12.2 Å². The van der Waals surface area contributed by atoms with Crippen LogP contribution in [0.3, 0.4) is 0 Å². The number of aryl methyl sites for hydroxylation is 1. The van der Waals surface area contributed by atoms with Crippen molar-refractivity contribution in [3.63, 3.8) is 0 Å². The maximum Gasteiger partial charge on any atom is 0.433 e. The monoisotopic (exact) mass is 537 g/mol. The summed E-state index contributed by atoms with van der Waals surface area (Å²) in [5.41, 5.74) is -0.661. The van der Waals surface area contributed by atoms with Gasteiger partial charge in [-0.25, -0.2) is 14.8 Å². The van der Waals surface area contributed by atoms with Crippen molar-refractivity contribution in [3.8, 4) is 10.6 Å². The molecule has 4 heterocycles. The van der Waals surface area contributed by atoms with Crippen LogP contribution in [0.1, 0.15) is 24.6 Å². The number of ketones is 1. The Hall–Kier alpha value is -3.88. The summed E-state index contributed by atoms with van der Waals surface area (Å²) in [4.78, 5) is 65.6. The first kappa shape index (κ1) is 26.2. The van der Waals surface area contributed by atoms with E-state index in [1.54, 1.807) is 6.92 Å². The standard InChI is InChI=1S/C22H22F3N7O4S/c1-4-13(33)7-32-20(35)16-18(30(3)21(32)36)27-10-31(16)8-15(34)28-14-9-37-19(29-14)12-5-11(2)17(26-6-12)22(23,24)25/h5-6,9-10,16,18H,4,7-8H2,1-3H3,(H,28,34). The summed E-state index contributed by atoms with van der Waals surface area (Å²) in [6.45, 7) is 2.28. The number of aliphatic imine (C=N–C) groups is 1. The van der Waals surface area contributed by atoms with Crippen molar-refractivity contribution in [1.82, 2.24) is 24.7 Å². The van der Waals surface area contributed by atoms with E-state index in [-0.39, 0.29) is 36.7 Å². The van der Waals surface area contributed by atoms with Gasteiger partial charge in [0.15, 0.2) is 18.0 Å². The predicted octanol–water partition coefficient (Wildman–Crippen LogP) is 2.38. The van der Waals surface area contributed by atoms with E-state index < -0.39 is 41.9 Å². The molecule has 4 amide bonds. The van der Waals surface area contributed by atoms with E-state index in [0.29, 0.717) is 10.6 Å². The third kappa shape index (κ3) is 5.16. The summed E-state index contributed by atoms with van der Waals surface area (Å²) in [5, 5.41) is 4.48. The lowest BCUT2D eigenvalue weighted by molar-refractivity contribution is -0.142. The first-order chi connectivity index (χ1) is 17.4. The fourth-order valence-corrected chi connectivity index (χ4v) is 4.72. The Kier molecular flexibility index (Phi) is 6.99. The first-order valence-corrected chi connectivity index (χ1v) is 12.0. The Morgan fingerprint density at radius 1 is 1.22 bits per heavy atom. The van der Waals surface area contributed by atoms with Crippen LogP contribution in [0.25, 0.3) is 10.6 Å². The number of nitrogens with one attached hydrogen (secondary N) is 1. The Morgan fingerprint density at radius 3 is 2.59 bits per heavy atom. The minimum atomic E-state index is -4.56. The molecule has 37 heavy (non-hydrogen) atoms. The summed E-state index contributed by atoms with van der Waals surface area (Å²) >= 11 is 1.11. The molecule has 1 saturated heterocycles. The van der Waals surface area contributed by atoms with Gasteiger partial charge in [0.1, 0.15) is 16.5 Å². The molecule has 11 nitrogen and oxygen atoms in total. The lowest BCUT2D eigenvalue weighted by Crippen LogP contribution is -2.65. The number of pyridine rings is 1. The van der Waals surface area contributed by atoms with Gasteiger partial charge in [0.25, 0.3) is 5.91 Å². The van der Waals surface area contributed by atoms with E-state index in [0.717, 1.165) is 22.4 Å². The molecule has 2 aromatic heterocycles. The second-order valence-electron chi connectivity index (χ2n) is 8.48. The maximum absolute atomic E-state index is 13.0. The number of aromatic nitrogens is 2. The third-order valence-electron chi connectivity index (χ3n) is 5.88. The van der Waals surface area contributed by atoms with Gasteiger partial charge in [0.2, 0.25) is 5.91 Å². The van der Waals surface area contributed by atoms with Gasteiger partial charge in [-0.15, -0.1) is 11.3 Å². The Morgan fingerprint density at radius 2 is 1.95 bits per heavy atom. The number of nitrogens with zero attached hydrogens (tertiary/aromatic N) is 6.